The molecule has 21 heavy (non-hydrogen) atoms. The topological polar surface area (TPSA) is 40.5 Å². The van der Waals surface area contributed by atoms with Gasteiger partial charge in [0.1, 0.15) is 0 Å². The van der Waals surface area contributed by atoms with E-state index < -0.39 is 5.97 Å². The molecule has 1 atom stereocenters. The molecule has 0 aliphatic rings. The molecule has 0 heterocycles. The van der Waals surface area contributed by atoms with Gasteiger partial charge in [0.25, 0.3) is 0 Å². The third kappa shape index (κ3) is 3.49. The maximum Gasteiger partial charge on any atom is 0.337 e. The van der Waals surface area contributed by atoms with E-state index in [1.165, 1.54) is 6.07 Å². The van der Waals surface area contributed by atoms with E-state index >= 15 is 0 Å². The summed E-state index contributed by atoms with van der Waals surface area (Å²) in [5.74, 6) is -0.975. The zero-order valence-corrected chi connectivity index (χ0v) is 13.2. The quantitative estimate of drug-likeness (QED) is 0.870. The predicted octanol–water partition coefficient (Wildman–Crippen LogP) is 4.89. The van der Waals surface area contributed by atoms with E-state index in [1.54, 1.807) is 12.1 Å². The number of carbonyl (C=O) groups is 1. The van der Waals surface area contributed by atoms with Gasteiger partial charge in [0.2, 0.25) is 0 Å². The maximum atomic E-state index is 11.4. The summed E-state index contributed by atoms with van der Waals surface area (Å²) in [4.78, 5) is 13.2. The summed E-state index contributed by atoms with van der Waals surface area (Å²) in [6.07, 6.45) is 0. The Hall–Kier alpha value is -1.71. The van der Waals surface area contributed by atoms with Crippen LogP contribution in [0.25, 0.3) is 0 Å². The molecular formula is C16H15Cl2NO2. The summed E-state index contributed by atoms with van der Waals surface area (Å²) < 4.78 is 0. The van der Waals surface area contributed by atoms with Gasteiger partial charge in [-0.15, -0.1) is 0 Å². The summed E-state index contributed by atoms with van der Waals surface area (Å²) in [6.45, 7) is 2.00. The van der Waals surface area contributed by atoms with Crippen molar-refractivity contribution in [3.05, 3.63) is 63.6 Å². The van der Waals surface area contributed by atoms with Gasteiger partial charge in [0, 0.05) is 17.1 Å². The van der Waals surface area contributed by atoms with Gasteiger partial charge in [0.05, 0.1) is 17.3 Å². The zero-order valence-electron chi connectivity index (χ0n) is 11.7. The van der Waals surface area contributed by atoms with E-state index in [0.717, 1.165) is 5.56 Å². The molecule has 0 spiro atoms. The Morgan fingerprint density at radius 2 is 1.67 bits per heavy atom. The number of aromatic carboxylic acids is 1. The normalized spacial score (nSPS) is 12.0. The number of carboxylic acid groups (broad SMARTS) is 1. The van der Waals surface area contributed by atoms with E-state index in [0.29, 0.717) is 15.7 Å². The Labute approximate surface area is 133 Å². The second-order valence-electron chi connectivity index (χ2n) is 4.81. The standard InChI is InChI=1S/C16H15Cl2NO2/c1-10(11-3-5-12(17)6-4-11)19(2)15-9-13(18)7-8-14(15)16(20)21/h3-10H,1-2H3,(H,20,21). The van der Waals surface area contributed by atoms with Crippen LogP contribution in [0.3, 0.4) is 0 Å². The number of hydrogen-bond acceptors (Lipinski definition) is 2. The molecule has 0 bridgehead atoms. The smallest absolute Gasteiger partial charge is 0.337 e. The number of rotatable bonds is 4. The summed E-state index contributed by atoms with van der Waals surface area (Å²) >= 11 is 11.9. The van der Waals surface area contributed by atoms with Gasteiger partial charge in [-0.25, -0.2) is 4.79 Å². The molecule has 0 fully saturated rings. The van der Waals surface area contributed by atoms with Crippen LogP contribution in [0.5, 0.6) is 0 Å². The highest BCUT2D eigenvalue weighted by molar-refractivity contribution is 6.31. The Morgan fingerprint density at radius 3 is 2.24 bits per heavy atom. The van der Waals surface area contributed by atoms with Crippen LogP contribution in [-0.2, 0) is 0 Å². The molecule has 0 aliphatic carbocycles. The maximum absolute atomic E-state index is 11.4. The predicted molar refractivity (Wildman–Crippen MR) is 86.7 cm³/mol. The van der Waals surface area contributed by atoms with E-state index in [1.807, 2.05) is 43.1 Å². The Morgan fingerprint density at radius 1 is 1.10 bits per heavy atom. The summed E-state index contributed by atoms with van der Waals surface area (Å²) in [5.41, 5.74) is 1.85. The zero-order chi connectivity index (χ0) is 15.6. The number of benzene rings is 2. The first-order valence-electron chi connectivity index (χ1n) is 6.41. The fraction of sp³-hybridized carbons (Fsp3) is 0.188. The first-order chi connectivity index (χ1) is 9.90. The minimum Gasteiger partial charge on any atom is -0.478 e. The molecular weight excluding hydrogens is 309 g/mol. The molecule has 0 aromatic heterocycles. The van der Waals surface area contributed by atoms with Crippen LogP contribution in [0.15, 0.2) is 42.5 Å². The summed E-state index contributed by atoms with van der Waals surface area (Å²) in [7, 11) is 1.84. The highest BCUT2D eigenvalue weighted by Gasteiger charge is 2.19. The number of nitrogens with zero attached hydrogens (tertiary/aromatic N) is 1. The molecule has 5 heteroatoms. The van der Waals surface area contributed by atoms with Crippen molar-refractivity contribution < 1.29 is 9.90 Å². The average Bonchev–Trinajstić information content (AvgIpc) is 2.46. The minimum absolute atomic E-state index is 0.0150. The van der Waals surface area contributed by atoms with Crippen molar-refractivity contribution in [3.8, 4) is 0 Å². The van der Waals surface area contributed by atoms with Gasteiger partial charge in [-0.05, 0) is 42.8 Å². The largest absolute Gasteiger partial charge is 0.478 e. The average molecular weight is 324 g/mol. The Kier molecular flexibility index (Phi) is 4.76. The monoisotopic (exact) mass is 323 g/mol. The number of halogens is 2. The molecule has 3 nitrogen and oxygen atoms in total. The van der Waals surface area contributed by atoms with Crippen LogP contribution in [0.4, 0.5) is 5.69 Å². The number of anilines is 1. The van der Waals surface area contributed by atoms with Crippen LogP contribution in [0.1, 0.15) is 28.9 Å². The van der Waals surface area contributed by atoms with Crippen LogP contribution in [0.2, 0.25) is 10.0 Å². The lowest BCUT2D eigenvalue weighted by Gasteiger charge is -2.29. The molecule has 0 saturated heterocycles. The second kappa shape index (κ2) is 6.37. The molecule has 0 aliphatic heterocycles. The first-order valence-corrected chi connectivity index (χ1v) is 7.17. The molecule has 2 rings (SSSR count). The van der Waals surface area contributed by atoms with Gasteiger partial charge in [-0.3, -0.25) is 0 Å². The summed E-state index contributed by atoms with van der Waals surface area (Å²) in [6, 6.07) is 12.2. The van der Waals surface area contributed by atoms with E-state index in [9.17, 15) is 9.90 Å². The molecule has 1 unspecified atom stereocenters. The molecule has 0 radical (unpaired) electrons. The minimum atomic E-state index is -0.975. The molecule has 1 N–H and O–H groups in total. The fourth-order valence-corrected chi connectivity index (χ4v) is 2.44. The van der Waals surface area contributed by atoms with E-state index in [4.69, 9.17) is 23.2 Å². The number of carboxylic acids is 1. The Bertz CT molecular complexity index is 656. The van der Waals surface area contributed by atoms with Crippen molar-refractivity contribution in [1.29, 1.82) is 0 Å². The van der Waals surface area contributed by atoms with E-state index in [2.05, 4.69) is 0 Å². The lowest BCUT2D eigenvalue weighted by Crippen LogP contribution is -2.23. The van der Waals surface area contributed by atoms with Gasteiger partial charge in [-0.2, -0.15) is 0 Å². The molecule has 2 aromatic rings. The number of hydrogen-bond donors (Lipinski definition) is 1. The third-order valence-corrected chi connectivity index (χ3v) is 3.99. The molecule has 110 valence electrons. The highest BCUT2D eigenvalue weighted by atomic mass is 35.5. The first kappa shape index (κ1) is 15.7. The van der Waals surface area contributed by atoms with Gasteiger partial charge in [0.15, 0.2) is 0 Å². The Balaban J connectivity index is 2.39. The van der Waals surface area contributed by atoms with Crippen molar-refractivity contribution in [1.82, 2.24) is 0 Å². The SMILES string of the molecule is CC(c1ccc(Cl)cc1)N(C)c1cc(Cl)ccc1C(=O)O. The van der Waals surface area contributed by atoms with Crippen LogP contribution >= 0.6 is 23.2 Å². The second-order valence-corrected chi connectivity index (χ2v) is 5.68. The lowest BCUT2D eigenvalue weighted by molar-refractivity contribution is 0.0697. The lowest BCUT2D eigenvalue weighted by atomic mass is 10.1. The molecule has 2 aromatic carbocycles. The van der Waals surface area contributed by atoms with Gasteiger partial charge < -0.3 is 10.0 Å². The van der Waals surface area contributed by atoms with Crippen LogP contribution in [-0.4, -0.2) is 18.1 Å². The van der Waals surface area contributed by atoms with Crippen LogP contribution < -0.4 is 4.90 Å². The van der Waals surface area contributed by atoms with Crippen molar-refractivity contribution in [2.75, 3.05) is 11.9 Å². The molecule has 0 saturated carbocycles. The molecule has 0 amide bonds. The van der Waals surface area contributed by atoms with Crippen molar-refractivity contribution >= 4 is 34.9 Å². The van der Waals surface area contributed by atoms with E-state index in [-0.39, 0.29) is 11.6 Å². The van der Waals surface area contributed by atoms with Crippen molar-refractivity contribution in [3.63, 3.8) is 0 Å². The van der Waals surface area contributed by atoms with Crippen molar-refractivity contribution in [2.24, 2.45) is 0 Å². The van der Waals surface area contributed by atoms with Crippen molar-refractivity contribution in [2.45, 2.75) is 13.0 Å². The fourth-order valence-electron chi connectivity index (χ4n) is 2.15. The van der Waals surface area contributed by atoms with Gasteiger partial charge in [-0.1, -0.05) is 35.3 Å². The summed E-state index contributed by atoms with van der Waals surface area (Å²) in [5, 5.41) is 10.5. The third-order valence-electron chi connectivity index (χ3n) is 3.50. The van der Waals surface area contributed by atoms with Gasteiger partial charge >= 0.3 is 5.97 Å². The van der Waals surface area contributed by atoms with Crippen LogP contribution in [0, 0.1) is 0 Å². The highest BCUT2D eigenvalue weighted by Crippen LogP contribution is 2.31.